The van der Waals surface area contributed by atoms with E-state index in [1.165, 1.54) is 47.1 Å². The number of rotatable bonds is 20. The monoisotopic (exact) mass is 656 g/mol. The molecule has 0 heterocycles. The second kappa shape index (κ2) is 19.0. The molecule has 48 heavy (non-hydrogen) atoms. The highest BCUT2D eigenvalue weighted by Gasteiger charge is 2.41. The smallest absolute Gasteiger partial charge is 0.333 e. The molecule has 0 spiro atoms. The van der Waals surface area contributed by atoms with Gasteiger partial charge in [0, 0.05) is 18.1 Å². The minimum Gasteiger partial charge on any atom is -0.493 e. The Morgan fingerprint density at radius 2 is 1.50 bits per heavy atom. The molecule has 3 aromatic carbocycles. The maximum atomic E-state index is 12.0. The molecule has 0 saturated carbocycles. The molecule has 0 aliphatic heterocycles. The first-order valence-corrected chi connectivity index (χ1v) is 17.9. The lowest BCUT2D eigenvalue weighted by atomic mass is 9.65. The number of ether oxygens (including phenoxy) is 3. The summed E-state index contributed by atoms with van der Waals surface area (Å²) in [6.45, 7) is 17.7. The number of methoxy groups -OCH3 is 1. The van der Waals surface area contributed by atoms with Crippen molar-refractivity contribution in [3.63, 3.8) is 0 Å². The average Bonchev–Trinajstić information content (AvgIpc) is 3.07. The van der Waals surface area contributed by atoms with E-state index in [0.29, 0.717) is 38.2 Å². The fourth-order valence-corrected chi connectivity index (χ4v) is 6.32. The van der Waals surface area contributed by atoms with Gasteiger partial charge in [0.2, 0.25) is 0 Å². The summed E-state index contributed by atoms with van der Waals surface area (Å²) in [6.07, 6.45) is 8.79. The average molecular weight is 657 g/mol. The molecule has 3 aromatic rings. The predicted octanol–water partition coefficient (Wildman–Crippen LogP) is 10.2. The van der Waals surface area contributed by atoms with Gasteiger partial charge >= 0.3 is 5.97 Å². The van der Waals surface area contributed by atoms with E-state index in [2.05, 4.69) is 102 Å². The minimum absolute atomic E-state index is 0.0656. The highest BCUT2D eigenvalue weighted by atomic mass is 16.5. The van der Waals surface area contributed by atoms with Gasteiger partial charge in [-0.05, 0) is 108 Å². The fourth-order valence-electron chi connectivity index (χ4n) is 6.32. The van der Waals surface area contributed by atoms with Crippen molar-refractivity contribution in [2.45, 2.75) is 99.3 Å². The van der Waals surface area contributed by atoms with Crippen molar-refractivity contribution >= 4 is 5.97 Å². The Morgan fingerprint density at radius 1 is 0.812 bits per heavy atom. The second-order valence-corrected chi connectivity index (χ2v) is 14.3. The summed E-state index contributed by atoms with van der Waals surface area (Å²) in [4.78, 5) is 12.0. The highest BCUT2D eigenvalue weighted by Crippen LogP contribution is 2.42. The van der Waals surface area contributed by atoms with Gasteiger partial charge in [0.05, 0.1) is 26.4 Å². The molecule has 0 aliphatic carbocycles. The number of esters is 1. The van der Waals surface area contributed by atoms with Crippen LogP contribution < -0.4 is 4.74 Å². The SMILES string of the molecule is C=C(C)C(=O)OCCCc1cc(-c2ccc(-c3ccc(CCCCC)cc3)cc2CC)ccc1OCCCC(CO)(COC)C(C)(C)C. The van der Waals surface area contributed by atoms with E-state index in [9.17, 15) is 9.90 Å². The van der Waals surface area contributed by atoms with Gasteiger partial charge < -0.3 is 19.3 Å². The molecule has 0 saturated heterocycles. The molecule has 1 atom stereocenters. The summed E-state index contributed by atoms with van der Waals surface area (Å²) in [6, 6.07) is 22.3. The Hall–Kier alpha value is -3.41. The van der Waals surface area contributed by atoms with E-state index < -0.39 is 0 Å². The zero-order valence-corrected chi connectivity index (χ0v) is 30.8. The van der Waals surface area contributed by atoms with Gasteiger partial charge in [0.25, 0.3) is 0 Å². The molecular formula is C43H60O5. The summed E-state index contributed by atoms with van der Waals surface area (Å²) in [7, 11) is 1.69. The van der Waals surface area contributed by atoms with E-state index in [1.54, 1.807) is 14.0 Å². The van der Waals surface area contributed by atoms with Crippen LogP contribution in [0.15, 0.2) is 72.8 Å². The van der Waals surface area contributed by atoms with E-state index in [4.69, 9.17) is 14.2 Å². The van der Waals surface area contributed by atoms with Crippen molar-refractivity contribution < 1.29 is 24.1 Å². The Bertz CT molecular complexity index is 1450. The Morgan fingerprint density at radius 3 is 2.12 bits per heavy atom. The van der Waals surface area contributed by atoms with Crippen LogP contribution in [0.25, 0.3) is 22.3 Å². The van der Waals surface area contributed by atoms with Crippen molar-refractivity contribution in [1.29, 1.82) is 0 Å². The summed E-state index contributed by atoms with van der Waals surface area (Å²) in [5.41, 5.74) is 8.59. The van der Waals surface area contributed by atoms with Crippen LogP contribution in [0, 0.1) is 10.8 Å². The standard InChI is InChI=1S/C43H60O5/c1-9-11-12-15-33-17-19-35(20-18-33)36-21-23-39(34(10-2)28-36)37-22-24-40(38(29-37)16-13-26-48-41(45)32(3)4)47-27-14-25-43(30-44,31-46-8)42(5,6)7/h17-24,28-29,44H,3,9-16,25-27,30-31H2,1-2,4-8H3. The number of aliphatic hydroxyl groups excluding tert-OH is 1. The number of unbranched alkanes of at least 4 members (excludes halogenated alkanes) is 2. The topological polar surface area (TPSA) is 65.0 Å². The van der Waals surface area contributed by atoms with Gasteiger partial charge in [-0.2, -0.15) is 0 Å². The molecule has 1 unspecified atom stereocenters. The summed E-state index contributed by atoms with van der Waals surface area (Å²) in [5, 5.41) is 10.3. The van der Waals surface area contributed by atoms with E-state index >= 15 is 0 Å². The lowest BCUT2D eigenvalue weighted by Gasteiger charge is -2.43. The highest BCUT2D eigenvalue weighted by molar-refractivity contribution is 5.86. The molecular weight excluding hydrogens is 596 g/mol. The third-order valence-corrected chi connectivity index (χ3v) is 9.76. The van der Waals surface area contributed by atoms with Crippen LogP contribution in [-0.2, 0) is 33.5 Å². The van der Waals surface area contributed by atoms with Gasteiger partial charge in [-0.3, -0.25) is 0 Å². The van der Waals surface area contributed by atoms with Crippen molar-refractivity contribution in [3.05, 3.63) is 89.5 Å². The normalized spacial score (nSPS) is 12.8. The number of hydrogen-bond donors (Lipinski definition) is 1. The van der Waals surface area contributed by atoms with Crippen molar-refractivity contribution in [2.24, 2.45) is 10.8 Å². The van der Waals surface area contributed by atoms with Crippen LogP contribution in [0.5, 0.6) is 5.75 Å². The van der Waals surface area contributed by atoms with E-state index in [-0.39, 0.29) is 23.4 Å². The first-order valence-electron chi connectivity index (χ1n) is 17.9. The molecule has 0 aliphatic rings. The third-order valence-electron chi connectivity index (χ3n) is 9.76. The van der Waals surface area contributed by atoms with Crippen molar-refractivity contribution in [2.75, 3.05) is 33.5 Å². The molecule has 0 fully saturated rings. The summed E-state index contributed by atoms with van der Waals surface area (Å²) < 4.78 is 17.3. The molecule has 5 heteroatoms. The number of aliphatic hydroxyl groups is 1. The maximum Gasteiger partial charge on any atom is 0.333 e. The first kappa shape index (κ1) is 39.0. The summed E-state index contributed by atoms with van der Waals surface area (Å²) in [5.74, 6) is 0.483. The largest absolute Gasteiger partial charge is 0.493 e. The zero-order chi connectivity index (χ0) is 35.2. The number of carbonyl (C=O) groups excluding carboxylic acids is 1. The zero-order valence-electron chi connectivity index (χ0n) is 30.8. The summed E-state index contributed by atoms with van der Waals surface area (Å²) >= 11 is 0. The lowest BCUT2D eigenvalue weighted by Crippen LogP contribution is -2.43. The van der Waals surface area contributed by atoms with Gasteiger partial charge in [-0.25, -0.2) is 4.79 Å². The van der Waals surface area contributed by atoms with Crippen LogP contribution in [-0.4, -0.2) is 44.6 Å². The number of aryl methyl sites for hydroxylation is 3. The van der Waals surface area contributed by atoms with E-state index in [1.807, 2.05) is 0 Å². The Labute approximate surface area is 290 Å². The van der Waals surface area contributed by atoms with Crippen molar-refractivity contribution in [1.82, 2.24) is 0 Å². The Kier molecular flexibility index (Phi) is 15.4. The number of carbonyl (C=O) groups is 1. The molecule has 0 amide bonds. The van der Waals surface area contributed by atoms with Crippen LogP contribution in [0.4, 0.5) is 0 Å². The Balaban J connectivity index is 1.82. The molecule has 0 aromatic heterocycles. The van der Waals surface area contributed by atoms with Gasteiger partial charge in [-0.15, -0.1) is 0 Å². The van der Waals surface area contributed by atoms with Crippen LogP contribution >= 0.6 is 0 Å². The maximum absolute atomic E-state index is 12.0. The van der Waals surface area contributed by atoms with Gasteiger partial charge in [-0.1, -0.05) is 103 Å². The molecule has 262 valence electrons. The molecule has 5 nitrogen and oxygen atoms in total. The number of benzene rings is 3. The quantitative estimate of drug-likeness (QED) is 0.0745. The fraction of sp³-hybridized carbons (Fsp3) is 0.512. The molecule has 0 radical (unpaired) electrons. The van der Waals surface area contributed by atoms with E-state index in [0.717, 1.165) is 42.6 Å². The lowest BCUT2D eigenvalue weighted by molar-refractivity contribution is -0.139. The second-order valence-electron chi connectivity index (χ2n) is 14.3. The van der Waals surface area contributed by atoms with Gasteiger partial charge in [0.15, 0.2) is 0 Å². The van der Waals surface area contributed by atoms with Crippen LogP contribution in [0.2, 0.25) is 0 Å². The number of hydrogen-bond acceptors (Lipinski definition) is 5. The molecule has 3 rings (SSSR count). The predicted molar refractivity (Wildman–Crippen MR) is 200 cm³/mol. The first-order chi connectivity index (χ1) is 23.0. The van der Waals surface area contributed by atoms with Crippen LogP contribution in [0.3, 0.4) is 0 Å². The minimum atomic E-state index is -0.360. The van der Waals surface area contributed by atoms with Crippen LogP contribution in [0.1, 0.15) is 96.8 Å². The molecule has 1 N–H and O–H groups in total. The van der Waals surface area contributed by atoms with Gasteiger partial charge in [0.1, 0.15) is 5.75 Å². The molecule has 0 bridgehead atoms. The third kappa shape index (κ3) is 10.8. The van der Waals surface area contributed by atoms with Crippen molar-refractivity contribution in [3.8, 4) is 28.0 Å².